The number of rotatable bonds is 3. The first-order chi connectivity index (χ1) is 10.2. The van der Waals surface area contributed by atoms with Crippen molar-refractivity contribution in [1.82, 2.24) is 5.32 Å². The van der Waals surface area contributed by atoms with Gasteiger partial charge >= 0.3 is 6.03 Å². The van der Waals surface area contributed by atoms with Crippen molar-refractivity contribution in [3.05, 3.63) is 58.1 Å². The van der Waals surface area contributed by atoms with Crippen molar-refractivity contribution in [1.29, 1.82) is 0 Å². The topological polar surface area (TPSA) is 50.4 Å². The Bertz CT molecular complexity index is 659. The maximum Gasteiger partial charge on any atom is 0.319 e. The molecule has 1 heterocycles. The first kappa shape index (κ1) is 13.9. The molecular weight excluding hydrogens is 332 g/mol. The minimum atomic E-state index is -0.229. The minimum Gasteiger partial charge on any atom is -0.493 e. The first-order valence-corrected chi connectivity index (χ1v) is 7.55. The van der Waals surface area contributed by atoms with Crippen molar-refractivity contribution >= 4 is 27.6 Å². The van der Waals surface area contributed by atoms with Crippen LogP contribution in [0.3, 0.4) is 0 Å². The van der Waals surface area contributed by atoms with Gasteiger partial charge in [0.25, 0.3) is 0 Å². The van der Waals surface area contributed by atoms with Crippen LogP contribution in [0.4, 0.5) is 10.5 Å². The number of urea groups is 1. The first-order valence-electron chi connectivity index (χ1n) is 6.76. The van der Waals surface area contributed by atoms with E-state index in [1.807, 2.05) is 36.4 Å². The fourth-order valence-corrected chi connectivity index (χ4v) is 2.90. The number of para-hydroxylation sites is 1. The quantitative estimate of drug-likeness (QED) is 0.889. The Morgan fingerprint density at radius 1 is 1.24 bits per heavy atom. The van der Waals surface area contributed by atoms with Gasteiger partial charge in [0.05, 0.1) is 6.61 Å². The second kappa shape index (κ2) is 6.18. The molecule has 0 saturated carbocycles. The Labute approximate surface area is 131 Å². The van der Waals surface area contributed by atoms with E-state index in [9.17, 15) is 4.79 Å². The van der Waals surface area contributed by atoms with Crippen molar-refractivity contribution in [2.45, 2.75) is 13.0 Å². The highest BCUT2D eigenvalue weighted by molar-refractivity contribution is 9.10. The van der Waals surface area contributed by atoms with E-state index in [2.05, 4.69) is 32.6 Å². The van der Waals surface area contributed by atoms with E-state index < -0.39 is 0 Å². The molecule has 0 bridgehead atoms. The van der Waals surface area contributed by atoms with E-state index in [1.54, 1.807) is 0 Å². The van der Waals surface area contributed by atoms with E-state index in [4.69, 9.17) is 4.74 Å². The Morgan fingerprint density at radius 2 is 2.05 bits per heavy atom. The molecule has 0 fully saturated rings. The van der Waals surface area contributed by atoms with Crippen LogP contribution in [0.15, 0.2) is 46.9 Å². The summed E-state index contributed by atoms with van der Waals surface area (Å²) in [7, 11) is 0. The lowest BCUT2D eigenvalue weighted by Crippen LogP contribution is -2.28. The second-order valence-electron chi connectivity index (χ2n) is 4.83. The molecule has 0 spiro atoms. The van der Waals surface area contributed by atoms with Crippen LogP contribution in [0.5, 0.6) is 5.75 Å². The lowest BCUT2D eigenvalue weighted by Gasteiger charge is -2.11. The molecule has 108 valence electrons. The maximum absolute atomic E-state index is 11.9. The van der Waals surface area contributed by atoms with Crippen LogP contribution in [-0.4, -0.2) is 12.6 Å². The zero-order valence-electron chi connectivity index (χ0n) is 11.4. The summed E-state index contributed by atoms with van der Waals surface area (Å²) in [6.45, 7) is 1.13. The highest BCUT2D eigenvalue weighted by atomic mass is 79.9. The number of anilines is 1. The molecule has 0 saturated heterocycles. The molecule has 1 aliphatic heterocycles. The van der Waals surface area contributed by atoms with Gasteiger partial charge in [-0.2, -0.15) is 0 Å². The van der Waals surface area contributed by atoms with E-state index in [0.29, 0.717) is 13.2 Å². The lowest BCUT2D eigenvalue weighted by molar-refractivity contribution is 0.251. The van der Waals surface area contributed by atoms with E-state index >= 15 is 0 Å². The summed E-state index contributed by atoms with van der Waals surface area (Å²) in [5.74, 6) is 0.901. The molecular formula is C16H15BrN2O2. The zero-order valence-corrected chi connectivity index (χ0v) is 12.9. The van der Waals surface area contributed by atoms with Crippen molar-refractivity contribution in [3.63, 3.8) is 0 Å². The molecule has 0 aliphatic carbocycles. The molecule has 0 atom stereocenters. The molecule has 2 amide bonds. The van der Waals surface area contributed by atoms with Crippen LogP contribution in [0.2, 0.25) is 0 Å². The zero-order chi connectivity index (χ0) is 14.7. The van der Waals surface area contributed by atoms with E-state index in [-0.39, 0.29) is 6.03 Å². The van der Waals surface area contributed by atoms with E-state index in [1.165, 1.54) is 5.56 Å². The van der Waals surface area contributed by atoms with Gasteiger partial charge in [-0.15, -0.1) is 0 Å². The predicted octanol–water partition coefficient (Wildman–Crippen LogP) is 3.71. The molecule has 0 aromatic heterocycles. The van der Waals surface area contributed by atoms with Gasteiger partial charge in [0.1, 0.15) is 5.75 Å². The second-order valence-corrected chi connectivity index (χ2v) is 5.74. The molecule has 0 radical (unpaired) electrons. The van der Waals surface area contributed by atoms with E-state index in [0.717, 1.165) is 27.9 Å². The fourth-order valence-electron chi connectivity index (χ4n) is 2.35. The monoisotopic (exact) mass is 346 g/mol. The number of nitrogens with one attached hydrogen (secondary N) is 2. The third kappa shape index (κ3) is 3.36. The van der Waals surface area contributed by atoms with Gasteiger partial charge in [-0.1, -0.05) is 34.1 Å². The lowest BCUT2D eigenvalue weighted by atomic mass is 10.1. The third-order valence-electron chi connectivity index (χ3n) is 3.30. The Kier molecular flexibility index (Phi) is 4.10. The van der Waals surface area contributed by atoms with Crippen molar-refractivity contribution in [3.8, 4) is 5.75 Å². The summed E-state index contributed by atoms with van der Waals surface area (Å²) in [5.41, 5.74) is 2.94. The number of carbonyl (C=O) groups excluding carboxylic acids is 1. The van der Waals surface area contributed by atoms with Crippen molar-refractivity contribution in [2.75, 3.05) is 11.9 Å². The highest BCUT2D eigenvalue weighted by Gasteiger charge is 2.17. The average Bonchev–Trinajstić information content (AvgIpc) is 2.94. The summed E-state index contributed by atoms with van der Waals surface area (Å²) >= 11 is 3.49. The number of hydrogen-bond acceptors (Lipinski definition) is 2. The third-order valence-corrected chi connectivity index (χ3v) is 3.75. The Morgan fingerprint density at radius 3 is 2.86 bits per heavy atom. The van der Waals surface area contributed by atoms with Crippen LogP contribution in [0.1, 0.15) is 11.1 Å². The number of benzene rings is 2. The largest absolute Gasteiger partial charge is 0.493 e. The number of ether oxygens (including phenoxy) is 1. The van der Waals surface area contributed by atoms with Gasteiger partial charge in [0.2, 0.25) is 0 Å². The molecule has 3 rings (SSSR count). The summed E-state index contributed by atoms with van der Waals surface area (Å²) in [4.78, 5) is 11.9. The summed E-state index contributed by atoms with van der Waals surface area (Å²) in [6.07, 6.45) is 0.915. The molecule has 1 aliphatic rings. The smallest absolute Gasteiger partial charge is 0.319 e. The van der Waals surface area contributed by atoms with Crippen molar-refractivity contribution in [2.24, 2.45) is 0 Å². The molecule has 0 unspecified atom stereocenters. The Balaban J connectivity index is 1.64. The standard InChI is InChI=1S/C16H15BrN2O2/c17-13-8-11-6-7-21-15(11)12(9-13)10-18-16(20)19-14-4-2-1-3-5-14/h1-5,8-9H,6-7,10H2,(H2,18,19,20). The van der Waals surface area contributed by atoms with Gasteiger partial charge in [0.15, 0.2) is 0 Å². The summed E-state index contributed by atoms with van der Waals surface area (Å²) in [5, 5.41) is 5.65. The summed E-state index contributed by atoms with van der Waals surface area (Å²) in [6, 6.07) is 13.2. The maximum atomic E-state index is 11.9. The van der Waals surface area contributed by atoms with Gasteiger partial charge in [0, 0.05) is 28.7 Å². The Hall–Kier alpha value is -2.01. The van der Waals surface area contributed by atoms with Gasteiger partial charge < -0.3 is 15.4 Å². The van der Waals surface area contributed by atoms with Crippen molar-refractivity contribution < 1.29 is 9.53 Å². The number of carbonyl (C=O) groups is 1. The highest BCUT2D eigenvalue weighted by Crippen LogP contribution is 2.32. The molecule has 2 aromatic carbocycles. The number of amides is 2. The number of fused-ring (bicyclic) bond motifs is 1. The molecule has 2 aromatic rings. The number of halogens is 1. The van der Waals surface area contributed by atoms with Crippen LogP contribution < -0.4 is 15.4 Å². The van der Waals surface area contributed by atoms with Crippen LogP contribution in [0.25, 0.3) is 0 Å². The molecule has 21 heavy (non-hydrogen) atoms. The average molecular weight is 347 g/mol. The van der Waals surface area contributed by atoms with Gasteiger partial charge in [-0.3, -0.25) is 0 Å². The van der Waals surface area contributed by atoms with Crippen LogP contribution in [0, 0.1) is 0 Å². The SMILES string of the molecule is O=C(NCc1cc(Br)cc2c1OCC2)Nc1ccccc1. The van der Waals surface area contributed by atoms with Gasteiger partial charge in [-0.25, -0.2) is 4.79 Å². The minimum absolute atomic E-state index is 0.229. The molecule has 2 N–H and O–H groups in total. The van der Waals surface area contributed by atoms with Gasteiger partial charge in [-0.05, 0) is 29.8 Å². The molecule has 5 heteroatoms. The van der Waals surface area contributed by atoms with Crippen LogP contribution in [-0.2, 0) is 13.0 Å². The number of hydrogen-bond donors (Lipinski definition) is 2. The predicted molar refractivity (Wildman–Crippen MR) is 85.6 cm³/mol. The normalized spacial score (nSPS) is 12.4. The van der Waals surface area contributed by atoms with Crippen LogP contribution >= 0.6 is 15.9 Å². The molecule has 4 nitrogen and oxygen atoms in total. The summed E-state index contributed by atoms with van der Waals surface area (Å²) < 4.78 is 6.65. The fraction of sp³-hybridized carbons (Fsp3) is 0.188.